The fourth-order valence-electron chi connectivity index (χ4n) is 4.76. The number of rotatable bonds is 8. The highest BCUT2D eigenvalue weighted by Crippen LogP contribution is 2.38. The Kier molecular flexibility index (Phi) is 7.77. The Hall–Kier alpha value is -1.89. The largest absolute Gasteiger partial charge is 0.406 e. The number of aliphatic hydroxyl groups is 1. The predicted molar refractivity (Wildman–Crippen MR) is 141 cm³/mol. The molecule has 1 N–H and O–H groups in total. The quantitative estimate of drug-likeness (QED) is 0.479. The molecule has 0 bridgehead atoms. The van der Waals surface area contributed by atoms with Gasteiger partial charge in [0.05, 0.1) is 24.1 Å². The maximum absolute atomic E-state index is 10.7. The minimum Gasteiger partial charge on any atom is -0.406 e. The van der Waals surface area contributed by atoms with Crippen molar-refractivity contribution >= 4 is 30.5 Å². The van der Waals surface area contributed by atoms with Crippen LogP contribution in [-0.4, -0.2) is 43.2 Å². The van der Waals surface area contributed by atoms with Gasteiger partial charge in [0.1, 0.15) is 0 Å². The molecule has 0 radical (unpaired) electrons. The molecule has 0 unspecified atom stereocenters. The van der Waals surface area contributed by atoms with Crippen LogP contribution in [0.25, 0.3) is 0 Å². The second-order valence-electron chi connectivity index (χ2n) is 9.67. The smallest absolute Gasteiger partial charge is 0.261 e. The minimum atomic E-state index is -2.61. The predicted octanol–water partition coefficient (Wildman–Crippen LogP) is 4.62. The molecule has 1 saturated heterocycles. The first-order chi connectivity index (χ1) is 15.9. The van der Waals surface area contributed by atoms with Crippen LogP contribution < -0.4 is 10.4 Å². The first-order valence-electron chi connectivity index (χ1n) is 11.6. The van der Waals surface area contributed by atoms with E-state index in [1.807, 2.05) is 18.2 Å². The van der Waals surface area contributed by atoms with Crippen LogP contribution in [0.1, 0.15) is 26.3 Å². The lowest BCUT2D eigenvalue weighted by Gasteiger charge is -2.43. The Bertz CT molecular complexity index is 952. The van der Waals surface area contributed by atoms with E-state index in [4.69, 9.17) is 9.16 Å². The maximum Gasteiger partial charge on any atom is 0.261 e. The molecule has 174 valence electrons. The third-order valence-electron chi connectivity index (χ3n) is 6.39. The zero-order valence-electron chi connectivity index (χ0n) is 19.7. The molecule has 0 amide bonds. The third-order valence-corrected chi connectivity index (χ3v) is 12.8. The lowest BCUT2D eigenvalue weighted by atomic mass is 10.1. The Labute approximate surface area is 203 Å². The van der Waals surface area contributed by atoms with Crippen molar-refractivity contribution in [3.05, 3.63) is 96.6 Å². The van der Waals surface area contributed by atoms with Gasteiger partial charge in [0.25, 0.3) is 8.32 Å². The van der Waals surface area contributed by atoms with Gasteiger partial charge in [-0.2, -0.15) is 11.8 Å². The fraction of sp³-hybridized carbons (Fsp3) is 0.357. The monoisotopic (exact) mass is 478 g/mol. The van der Waals surface area contributed by atoms with Gasteiger partial charge in [-0.1, -0.05) is 112 Å². The molecular weight excluding hydrogens is 444 g/mol. The number of ether oxygens (including phenoxy) is 1. The topological polar surface area (TPSA) is 38.7 Å². The van der Waals surface area contributed by atoms with E-state index in [0.29, 0.717) is 19.0 Å². The highest BCUT2D eigenvalue weighted by molar-refractivity contribution is 8.00. The van der Waals surface area contributed by atoms with Crippen molar-refractivity contribution in [2.24, 2.45) is 0 Å². The molecule has 3 nitrogen and oxygen atoms in total. The van der Waals surface area contributed by atoms with E-state index in [-0.39, 0.29) is 16.4 Å². The van der Waals surface area contributed by atoms with E-state index in [0.717, 1.165) is 5.56 Å². The molecule has 1 fully saturated rings. The lowest BCUT2D eigenvalue weighted by Crippen LogP contribution is -2.67. The molecule has 5 heteroatoms. The van der Waals surface area contributed by atoms with Gasteiger partial charge in [-0.15, -0.1) is 0 Å². The molecule has 33 heavy (non-hydrogen) atoms. The number of hydrogen-bond acceptors (Lipinski definition) is 4. The normalized spacial score (nSPS) is 21.3. The first-order valence-corrected chi connectivity index (χ1v) is 14.6. The van der Waals surface area contributed by atoms with Crippen LogP contribution in [0, 0.1) is 0 Å². The van der Waals surface area contributed by atoms with Crippen molar-refractivity contribution in [1.29, 1.82) is 0 Å². The SMILES string of the molecule is CC(C)(C)[Si](OC[C@H]1SC[C@@H](O)[C@@H]1OCc1ccccc1)(c1ccccc1)c1ccccc1. The molecule has 4 rings (SSSR count). The van der Waals surface area contributed by atoms with Crippen LogP contribution in [0.5, 0.6) is 0 Å². The number of hydrogen-bond donors (Lipinski definition) is 1. The number of benzene rings is 3. The average molecular weight is 479 g/mol. The Balaban J connectivity index is 1.60. The molecule has 3 aromatic rings. The highest BCUT2D eigenvalue weighted by Gasteiger charge is 2.51. The molecule has 0 spiro atoms. The molecule has 1 heterocycles. The van der Waals surface area contributed by atoms with Crippen LogP contribution in [0.15, 0.2) is 91.0 Å². The molecule has 0 aromatic heterocycles. The second kappa shape index (κ2) is 10.6. The summed E-state index contributed by atoms with van der Waals surface area (Å²) in [5.74, 6) is 0.675. The summed E-state index contributed by atoms with van der Waals surface area (Å²) in [6, 6.07) is 31.6. The Morgan fingerprint density at radius 3 is 1.88 bits per heavy atom. The molecule has 1 aliphatic heterocycles. The summed E-state index contributed by atoms with van der Waals surface area (Å²) in [4.78, 5) is 0. The summed E-state index contributed by atoms with van der Waals surface area (Å²) in [5.41, 5.74) is 1.12. The number of aliphatic hydroxyl groups excluding tert-OH is 1. The summed E-state index contributed by atoms with van der Waals surface area (Å²) in [6.45, 7) is 7.92. The maximum atomic E-state index is 10.7. The Morgan fingerprint density at radius 2 is 1.36 bits per heavy atom. The van der Waals surface area contributed by atoms with Crippen molar-refractivity contribution < 1.29 is 14.3 Å². The third kappa shape index (κ3) is 5.28. The molecule has 0 aliphatic carbocycles. The van der Waals surface area contributed by atoms with Gasteiger partial charge in [0, 0.05) is 12.4 Å². The van der Waals surface area contributed by atoms with Crippen molar-refractivity contribution in [2.75, 3.05) is 12.4 Å². The van der Waals surface area contributed by atoms with Crippen molar-refractivity contribution in [3.63, 3.8) is 0 Å². The van der Waals surface area contributed by atoms with Crippen LogP contribution in [0.2, 0.25) is 5.04 Å². The van der Waals surface area contributed by atoms with E-state index in [9.17, 15) is 5.11 Å². The molecular formula is C28H34O3SSi. The zero-order valence-corrected chi connectivity index (χ0v) is 21.5. The van der Waals surface area contributed by atoms with E-state index in [2.05, 4.69) is 93.6 Å². The van der Waals surface area contributed by atoms with Gasteiger partial charge in [0.15, 0.2) is 0 Å². The minimum absolute atomic E-state index is 0.0714. The van der Waals surface area contributed by atoms with Gasteiger partial charge < -0.3 is 14.3 Å². The van der Waals surface area contributed by atoms with Crippen LogP contribution >= 0.6 is 11.8 Å². The van der Waals surface area contributed by atoms with Gasteiger partial charge >= 0.3 is 0 Å². The zero-order chi connectivity index (χ0) is 23.3. The standard InChI is InChI=1S/C28H34O3SSi/c1-28(2,3)33(23-15-9-5-10-16-23,24-17-11-6-12-18-24)31-20-26-27(25(29)21-32-26)30-19-22-13-7-4-8-14-22/h4-18,25-27,29H,19-21H2,1-3H3/t25-,26-,27+/m1/s1. The van der Waals surface area contributed by atoms with Crippen molar-refractivity contribution in [1.82, 2.24) is 0 Å². The fourth-order valence-corrected chi connectivity index (χ4v) is 10.7. The van der Waals surface area contributed by atoms with Crippen molar-refractivity contribution in [3.8, 4) is 0 Å². The summed E-state index contributed by atoms with van der Waals surface area (Å²) in [7, 11) is -2.61. The van der Waals surface area contributed by atoms with E-state index in [1.54, 1.807) is 11.8 Å². The first kappa shape index (κ1) is 24.2. The van der Waals surface area contributed by atoms with Gasteiger partial charge in [-0.3, -0.25) is 0 Å². The van der Waals surface area contributed by atoms with Crippen molar-refractivity contribution in [2.45, 2.75) is 49.9 Å². The average Bonchev–Trinajstić information content (AvgIpc) is 3.18. The summed E-state index contributed by atoms with van der Waals surface area (Å²) < 4.78 is 13.3. The molecule has 3 aromatic carbocycles. The highest BCUT2D eigenvalue weighted by atomic mass is 32.2. The van der Waals surface area contributed by atoms with Gasteiger partial charge in [-0.05, 0) is 21.0 Å². The number of thioether (sulfide) groups is 1. The molecule has 1 aliphatic rings. The Morgan fingerprint density at radius 1 is 0.848 bits per heavy atom. The van der Waals surface area contributed by atoms with Gasteiger partial charge in [0.2, 0.25) is 0 Å². The summed E-state index contributed by atoms with van der Waals surface area (Å²) >= 11 is 1.76. The van der Waals surface area contributed by atoms with Crippen LogP contribution in [0.3, 0.4) is 0 Å². The summed E-state index contributed by atoms with van der Waals surface area (Å²) in [5, 5.41) is 13.2. The van der Waals surface area contributed by atoms with Crippen LogP contribution in [-0.2, 0) is 15.8 Å². The second-order valence-corrected chi connectivity index (χ2v) is 15.3. The van der Waals surface area contributed by atoms with E-state index < -0.39 is 14.4 Å². The lowest BCUT2D eigenvalue weighted by molar-refractivity contribution is -0.0351. The van der Waals surface area contributed by atoms with Crippen LogP contribution in [0.4, 0.5) is 0 Å². The molecule has 3 atom stereocenters. The van der Waals surface area contributed by atoms with E-state index in [1.165, 1.54) is 10.4 Å². The van der Waals surface area contributed by atoms with E-state index >= 15 is 0 Å². The summed E-state index contributed by atoms with van der Waals surface area (Å²) in [6.07, 6.45) is -0.722. The van der Waals surface area contributed by atoms with Gasteiger partial charge in [-0.25, -0.2) is 0 Å². The molecule has 0 saturated carbocycles.